The summed E-state index contributed by atoms with van der Waals surface area (Å²) in [4.78, 5) is 10.9. The fourth-order valence-electron chi connectivity index (χ4n) is 1.51. The van der Waals surface area contributed by atoms with Crippen molar-refractivity contribution in [3.05, 3.63) is 59.1 Å². The lowest BCUT2D eigenvalue weighted by atomic mass is 10.0. The van der Waals surface area contributed by atoms with Crippen molar-refractivity contribution in [2.75, 3.05) is 0 Å². The van der Waals surface area contributed by atoms with Crippen molar-refractivity contribution in [1.29, 1.82) is 0 Å². The van der Waals surface area contributed by atoms with E-state index in [9.17, 15) is 18.0 Å². The summed E-state index contributed by atoms with van der Waals surface area (Å²) >= 11 is 0. The maximum absolute atomic E-state index is 13.4. The van der Waals surface area contributed by atoms with Crippen LogP contribution in [-0.2, 0) is 11.2 Å². The van der Waals surface area contributed by atoms with Crippen LogP contribution in [0.4, 0.5) is 13.2 Å². The second-order valence-electron chi connectivity index (χ2n) is 3.84. The topological polar surface area (TPSA) is 63.3 Å². The van der Waals surface area contributed by atoms with Gasteiger partial charge in [0.2, 0.25) is 0 Å². The van der Waals surface area contributed by atoms with E-state index in [4.69, 9.17) is 10.8 Å². The van der Waals surface area contributed by atoms with Crippen molar-refractivity contribution in [3.63, 3.8) is 0 Å². The van der Waals surface area contributed by atoms with Crippen LogP contribution in [0.15, 0.2) is 36.1 Å². The van der Waals surface area contributed by atoms with Crippen LogP contribution in [0.25, 0.3) is 0 Å². The third-order valence-electron chi connectivity index (χ3n) is 2.46. The van der Waals surface area contributed by atoms with Gasteiger partial charge in [0.1, 0.15) is 5.82 Å². The fraction of sp³-hybridized carbons (Fsp3) is 0.154. The summed E-state index contributed by atoms with van der Waals surface area (Å²) in [5.41, 5.74) is 5.07. The Hall–Kier alpha value is -2.24. The Balaban J connectivity index is 3.13. The molecular weight excluding hydrogens is 259 g/mol. The Bertz CT molecular complexity index is 553. The lowest BCUT2D eigenvalue weighted by Crippen LogP contribution is -2.13. The molecule has 0 heterocycles. The molecule has 1 aromatic rings. The molecule has 0 unspecified atom stereocenters. The van der Waals surface area contributed by atoms with Gasteiger partial charge in [-0.3, -0.25) is 0 Å². The molecule has 1 aromatic carbocycles. The van der Waals surface area contributed by atoms with Crippen LogP contribution < -0.4 is 5.73 Å². The van der Waals surface area contributed by atoms with Gasteiger partial charge in [-0.25, -0.2) is 18.0 Å². The number of allylic oxidation sites excluding steroid dienone is 2. The summed E-state index contributed by atoms with van der Waals surface area (Å²) in [5, 5.41) is 8.91. The van der Waals surface area contributed by atoms with Crippen molar-refractivity contribution in [2.45, 2.75) is 12.8 Å². The number of carboxylic acid groups (broad SMARTS) is 1. The van der Waals surface area contributed by atoms with Gasteiger partial charge in [-0.15, -0.1) is 6.58 Å². The molecule has 0 atom stereocenters. The zero-order chi connectivity index (χ0) is 14.6. The summed E-state index contributed by atoms with van der Waals surface area (Å²) < 4.78 is 39.1. The lowest BCUT2D eigenvalue weighted by molar-refractivity contribution is -0.132. The number of halogens is 3. The molecule has 0 amide bonds. The number of carboxylic acids is 1. The first-order valence-electron chi connectivity index (χ1n) is 5.32. The van der Waals surface area contributed by atoms with Crippen LogP contribution in [0.1, 0.15) is 12.0 Å². The highest BCUT2D eigenvalue weighted by Gasteiger charge is 2.15. The number of carbonyl (C=O) groups is 1. The van der Waals surface area contributed by atoms with Crippen LogP contribution in [0.2, 0.25) is 0 Å². The molecule has 6 heteroatoms. The highest BCUT2D eigenvalue weighted by atomic mass is 19.2. The molecule has 0 fully saturated rings. The van der Waals surface area contributed by atoms with Gasteiger partial charge in [-0.05, 0) is 18.1 Å². The quantitative estimate of drug-likeness (QED) is 0.491. The minimum absolute atomic E-state index is 0.00748. The first-order chi connectivity index (χ1) is 8.86. The van der Waals surface area contributed by atoms with E-state index in [1.807, 2.05) is 0 Å². The Kier molecular flexibility index (Phi) is 4.74. The predicted molar refractivity (Wildman–Crippen MR) is 63.7 cm³/mol. The van der Waals surface area contributed by atoms with Crippen molar-refractivity contribution < 1.29 is 23.1 Å². The van der Waals surface area contributed by atoms with E-state index in [-0.39, 0.29) is 29.7 Å². The van der Waals surface area contributed by atoms with Crippen LogP contribution in [0.5, 0.6) is 0 Å². The molecule has 0 aliphatic rings. The second-order valence-corrected chi connectivity index (χ2v) is 3.84. The molecule has 0 aromatic heterocycles. The number of hydrogen-bond acceptors (Lipinski definition) is 2. The van der Waals surface area contributed by atoms with E-state index >= 15 is 0 Å². The number of rotatable bonds is 5. The molecule has 0 bridgehead atoms. The van der Waals surface area contributed by atoms with Gasteiger partial charge in [-0.1, -0.05) is 6.08 Å². The van der Waals surface area contributed by atoms with Crippen molar-refractivity contribution in [2.24, 2.45) is 5.73 Å². The van der Waals surface area contributed by atoms with Gasteiger partial charge >= 0.3 is 5.97 Å². The normalized spacial score (nSPS) is 11.9. The molecule has 0 spiro atoms. The number of nitrogens with two attached hydrogens (primary N) is 1. The Labute approximate surface area is 107 Å². The molecule has 0 saturated heterocycles. The Morgan fingerprint density at radius 2 is 1.84 bits per heavy atom. The molecule has 19 heavy (non-hydrogen) atoms. The zero-order valence-corrected chi connectivity index (χ0v) is 9.92. The van der Waals surface area contributed by atoms with Crippen LogP contribution >= 0.6 is 0 Å². The largest absolute Gasteiger partial charge is 0.478 e. The fourth-order valence-corrected chi connectivity index (χ4v) is 1.51. The third kappa shape index (κ3) is 3.61. The van der Waals surface area contributed by atoms with Gasteiger partial charge in [0.25, 0.3) is 0 Å². The van der Waals surface area contributed by atoms with Crippen LogP contribution in [0, 0.1) is 17.5 Å². The van der Waals surface area contributed by atoms with E-state index in [0.717, 1.165) is 0 Å². The van der Waals surface area contributed by atoms with E-state index in [0.29, 0.717) is 12.1 Å². The molecule has 1 rings (SSSR count). The SMILES string of the molecule is C=CCC(C(=O)O)=C(N)Cc1cc(F)c(F)cc1F. The van der Waals surface area contributed by atoms with E-state index in [2.05, 4.69) is 6.58 Å². The first kappa shape index (κ1) is 14.8. The summed E-state index contributed by atoms with van der Waals surface area (Å²) in [7, 11) is 0. The number of hydrogen-bond donors (Lipinski definition) is 2. The van der Waals surface area contributed by atoms with E-state index in [1.54, 1.807) is 0 Å². The third-order valence-corrected chi connectivity index (χ3v) is 2.46. The maximum Gasteiger partial charge on any atom is 0.333 e. The highest BCUT2D eigenvalue weighted by molar-refractivity contribution is 5.87. The number of aliphatic carboxylic acids is 1. The van der Waals surface area contributed by atoms with Gasteiger partial charge < -0.3 is 10.8 Å². The smallest absolute Gasteiger partial charge is 0.333 e. The van der Waals surface area contributed by atoms with Crippen LogP contribution in [-0.4, -0.2) is 11.1 Å². The Morgan fingerprint density at radius 1 is 1.26 bits per heavy atom. The molecule has 0 radical (unpaired) electrons. The second kappa shape index (κ2) is 6.08. The summed E-state index contributed by atoms with van der Waals surface area (Å²) in [6.07, 6.45) is 1.00. The van der Waals surface area contributed by atoms with E-state index < -0.39 is 23.4 Å². The zero-order valence-electron chi connectivity index (χ0n) is 9.92. The van der Waals surface area contributed by atoms with E-state index in [1.165, 1.54) is 6.08 Å². The monoisotopic (exact) mass is 271 g/mol. The summed E-state index contributed by atoms with van der Waals surface area (Å²) in [5.74, 6) is -4.77. The average Bonchev–Trinajstić information content (AvgIpc) is 2.32. The molecule has 3 N–H and O–H groups in total. The van der Waals surface area contributed by atoms with Gasteiger partial charge in [0, 0.05) is 18.2 Å². The van der Waals surface area contributed by atoms with Gasteiger partial charge in [0.15, 0.2) is 11.6 Å². The molecule has 102 valence electrons. The predicted octanol–water partition coefficient (Wildman–Crippen LogP) is 2.52. The molecule has 0 aliphatic carbocycles. The minimum Gasteiger partial charge on any atom is -0.478 e. The molecule has 0 saturated carbocycles. The average molecular weight is 271 g/mol. The Morgan fingerprint density at radius 3 is 2.37 bits per heavy atom. The highest BCUT2D eigenvalue weighted by Crippen LogP contribution is 2.18. The minimum atomic E-state index is -1.31. The van der Waals surface area contributed by atoms with Crippen molar-refractivity contribution >= 4 is 5.97 Å². The maximum atomic E-state index is 13.4. The summed E-state index contributed by atoms with van der Waals surface area (Å²) in [6.45, 7) is 3.38. The molecule has 3 nitrogen and oxygen atoms in total. The van der Waals surface area contributed by atoms with Gasteiger partial charge in [-0.2, -0.15) is 0 Å². The first-order valence-corrected chi connectivity index (χ1v) is 5.32. The standard InChI is InChI=1S/C13H12F3NO2/c1-2-3-8(13(18)19)12(17)5-7-4-10(15)11(16)6-9(7)14/h2,4,6H,1,3,5,17H2,(H,18,19). The van der Waals surface area contributed by atoms with Crippen molar-refractivity contribution in [3.8, 4) is 0 Å². The van der Waals surface area contributed by atoms with Crippen molar-refractivity contribution in [1.82, 2.24) is 0 Å². The summed E-state index contributed by atoms with van der Waals surface area (Å²) in [6, 6.07) is 1.05. The number of benzene rings is 1. The lowest BCUT2D eigenvalue weighted by Gasteiger charge is -2.08. The van der Waals surface area contributed by atoms with Crippen LogP contribution in [0.3, 0.4) is 0 Å². The van der Waals surface area contributed by atoms with Gasteiger partial charge in [0.05, 0.1) is 5.57 Å². The molecular formula is C13H12F3NO2. The molecule has 0 aliphatic heterocycles.